The number of rotatable bonds is 6. The Morgan fingerprint density at radius 2 is 1.90 bits per heavy atom. The van der Waals surface area contributed by atoms with Crippen LogP contribution in [0.2, 0.25) is 0 Å². The quantitative estimate of drug-likeness (QED) is 0.161. The van der Waals surface area contributed by atoms with Crippen LogP contribution in [0.3, 0.4) is 0 Å². The van der Waals surface area contributed by atoms with Gasteiger partial charge in [0, 0.05) is 12.0 Å². The number of hydrogen-bond acceptors (Lipinski definition) is 7. The molecule has 0 saturated carbocycles. The van der Waals surface area contributed by atoms with Crippen molar-refractivity contribution in [3.8, 4) is 11.5 Å². The number of carbonyl (C=O) groups is 2. The summed E-state index contributed by atoms with van der Waals surface area (Å²) in [5.74, 6) is 0.131. The van der Waals surface area contributed by atoms with Crippen molar-refractivity contribution >= 4 is 44.1 Å². The van der Waals surface area contributed by atoms with Crippen molar-refractivity contribution in [2.45, 2.75) is 52.2 Å². The lowest BCUT2D eigenvalue weighted by atomic mass is 9.93. The van der Waals surface area contributed by atoms with Crippen LogP contribution in [0.4, 0.5) is 5.13 Å². The van der Waals surface area contributed by atoms with E-state index in [-0.39, 0.29) is 17.4 Å². The van der Waals surface area contributed by atoms with Crippen LogP contribution in [0, 0.1) is 0 Å². The van der Waals surface area contributed by atoms with E-state index in [1.807, 2.05) is 62.4 Å². The number of nitrogens with zero attached hydrogens (tertiary/aromatic N) is 2. The summed E-state index contributed by atoms with van der Waals surface area (Å²) in [7, 11) is 0. The highest BCUT2D eigenvalue weighted by molar-refractivity contribution is 7.22. The molecule has 1 aromatic heterocycles. The van der Waals surface area contributed by atoms with Crippen molar-refractivity contribution in [2.75, 3.05) is 11.5 Å². The molecule has 0 bridgehead atoms. The zero-order chi connectivity index (χ0) is 28.1. The average Bonchev–Trinajstić information content (AvgIpc) is 3.60. The minimum absolute atomic E-state index is 0.0414. The molecule has 6 rings (SSSR count). The van der Waals surface area contributed by atoms with Gasteiger partial charge in [0.1, 0.15) is 23.4 Å². The molecule has 0 unspecified atom stereocenters. The summed E-state index contributed by atoms with van der Waals surface area (Å²) in [5.41, 5.74) is 4.04. The van der Waals surface area contributed by atoms with Gasteiger partial charge in [0.2, 0.25) is 0 Å². The molecule has 3 heterocycles. The van der Waals surface area contributed by atoms with E-state index in [1.165, 1.54) is 16.2 Å². The van der Waals surface area contributed by atoms with Gasteiger partial charge in [0.05, 0.1) is 28.4 Å². The van der Waals surface area contributed by atoms with Crippen molar-refractivity contribution in [1.82, 2.24) is 4.98 Å². The molecule has 0 radical (unpaired) electrons. The van der Waals surface area contributed by atoms with E-state index in [1.54, 1.807) is 12.1 Å². The summed E-state index contributed by atoms with van der Waals surface area (Å²) >= 11 is 1.31. The SMILES string of the molecule is CCOc1ccc2nc(N3C(=O)C(=O)/C(=C(/O)c4ccc5c(c4)C[C@@H](C)O5)[C@@H]3c3ccc(C(C)C)cc3)sc2c1. The number of amides is 1. The third kappa shape index (κ3) is 4.42. The van der Waals surface area contributed by atoms with E-state index >= 15 is 0 Å². The summed E-state index contributed by atoms with van der Waals surface area (Å²) in [5, 5.41) is 12.0. The molecule has 3 aromatic carbocycles. The minimum atomic E-state index is -0.837. The van der Waals surface area contributed by atoms with E-state index in [0.29, 0.717) is 40.9 Å². The fourth-order valence-corrected chi connectivity index (χ4v) is 6.41. The van der Waals surface area contributed by atoms with Crippen LogP contribution >= 0.6 is 11.3 Å². The smallest absolute Gasteiger partial charge is 0.301 e. The van der Waals surface area contributed by atoms with Gasteiger partial charge in [-0.05, 0) is 72.9 Å². The van der Waals surface area contributed by atoms with Crippen molar-refractivity contribution in [2.24, 2.45) is 0 Å². The van der Waals surface area contributed by atoms with Crippen LogP contribution in [0.15, 0.2) is 66.2 Å². The van der Waals surface area contributed by atoms with Gasteiger partial charge in [-0.2, -0.15) is 0 Å². The summed E-state index contributed by atoms with van der Waals surface area (Å²) in [6, 6.07) is 17.9. The Balaban J connectivity index is 1.50. The third-order valence-electron chi connectivity index (χ3n) is 7.40. The second kappa shape index (κ2) is 10.1. The monoisotopic (exact) mass is 554 g/mol. The Bertz CT molecular complexity index is 1670. The van der Waals surface area contributed by atoms with E-state index in [2.05, 4.69) is 13.8 Å². The second-order valence-electron chi connectivity index (χ2n) is 10.5. The Labute approximate surface area is 236 Å². The summed E-state index contributed by atoms with van der Waals surface area (Å²) in [6.07, 6.45) is 0.750. The van der Waals surface area contributed by atoms with Crippen molar-refractivity contribution < 1.29 is 24.2 Å². The fraction of sp³-hybridized carbons (Fsp3) is 0.281. The Kier molecular flexibility index (Phi) is 6.58. The first-order chi connectivity index (χ1) is 19.2. The number of fused-ring (bicyclic) bond motifs is 2. The maximum Gasteiger partial charge on any atom is 0.301 e. The number of ether oxygens (including phenoxy) is 2. The number of anilines is 1. The van der Waals surface area contributed by atoms with E-state index in [9.17, 15) is 14.7 Å². The molecule has 2 atom stereocenters. The molecule has 1 amide bonds. The molecule has 2 aliphatic heterocycles. The van der Waals surface area contributed by atoms with Crippen molar-refractivity contribution in [3.05, 3.63) is 88.5 Å². The zero-order valence-electron chi connectivity index (χ0n) is 22.8. The predicted molar refractivity (Wildman–Crippen MR) is 156 cm³/mol. The van der Waals surface area contributed by atoms with Crippen molar-refractivity contribution in [3.63, 3.8) is 0 Å². The van der Waals surface area contributed by atoms with Gasteiger partial charge < -0.3 is 14.6 Å². The maximum absolute atomic E-state index is 13.6. The highest BCUT2D eigenvalue weighted by Gasteiger charge is 2.48. The van der Waals surface area contributed by atoms with E-state index < -0.39 is 17.7 Å². The Morgan fingerprint density at radius 3 is 2.62 bits per heavy atom. The number of hydrogen-bond donors (Lipinski definition) is 1. The highest BCUT2D eigenvalue weighted by Crippen LogP contribution is 2.45. The molecule has 4 aromatic rings. The van der Waals surface area contributed by atoms with Crippen LogP contribution in [-0.2, 0) is 16.0 Å². The molecular formula is C32H30N2O5S. The molecular weight excluding hydrogens is 524 g/mol. The van der Waals surface area contributed by atoms with Crippen LogP contribution in [0.25, 0.3) is 16.0 Å². The molecule has 1 fully saturated rings. The standard InChI is InChI=1S/C32H30N2O5S/c1-5-38-23-11-12-24-26(16-23)40-32(33-24)34-28(20-8-6-19(7-9-20)17(2)3)27(30(36)31(34)37)29(35)21-10-13-25-22(15-21)14-18(4)39-25/h6-13,15-18,28,35H,5,14H2,1-4H3/b29-27+/t18-,28+/m1/s1. The van der Waals surface area contributed by atoms with Crippen LogP contribution in [-0.4, -0.2) is 34.5 Å². The largest absolute Gasteiger partial charge is 0.507 e. The van der Waals surface area contributed by atoms with Gasteiger partial charge >= 0.3 is 5.91 Å². The number of ketones is 1. The molecule has 1 saturated heterocycles. The van der Waals surface area contributed by atoms with Gasteiger partial charge in [0.25, 0.3) is 5.78 Å². The molecule has 2 aliphatic rings. The number of carbonyl (C=O) groups excluding carboxylic acids is 2. The minimum Gasteiger partial charge on any atom is -0.507 e. The number of benzene rings is 3. The van der Waals surface area contributed by atoms with Crippen LogP contribution < -0.4 is 14.4 Å². The van der Waals surface area contributed by atoms with E-state index in [4.69, 9.17) is 14.5 Å². The third-order valence-corrected chi connectivity index (χ3v) is 8.42. The number of aromatic nitrogens is 1. The number of aliphatic hydroxyl groups is 1. The van der Waals surface area contributed by atoms with Gasteiger partial charge in [-0.15, -0.1) is 0 Å². The normalized spacial score (nSPS) is 19.9. The predicted octanol–water partition coefficient (Wildman–Crippen LogP) is 6.77. The first-order valence-electron chi connectivity index (χ1n) is 13.5. The summed E-state index contributed by atoms with van der Waals surface area (Å²) in [6.45, 7) is 8.66. The maximum atomic E-state index is 13.6. The molecule has 0 aliphatic carbocycles. The number of thiazole rings is 1. The molecule has 0 spiro atoms. The Morgan fingerprint density at radius 1 is 1.12 bits per heavy atom. The molecule has 7 nitrogen and oxygen atoms in total. The zero-order valence-corrected chi connectivity index (χ0v) is 23.6. The van der Waals surface area contributed by atoms with Gasteiger partial charge in [-0.25, -0.2) is 4.98 Å². The van der Waals surface area contributed by atoms with Gasteiger partial charge in [-0.1, -0.05) is 49.4 Å². The summed E-state index contributed by atoms with van der Waals surface area (Å²) < 4.78 is 12.3. The van der Waals surface area contributed by atoms with E-state index in [0.717, 1.165) is 27.1 Å². The Hall–Kier alpha value is -4.17. The highest BCUT2D eigenvalue weighted by atomic mass is 32.1. The first-order valence-corrected chi connectivity index (χ1v) is 14.3. The topological polar surface area (TPSA) is 89.0 Å². The second-order valence-corrected chi connectivity index (χ2v) is 11.5. The molecule has 8 heteroatoms. The molecule has 1 N–H and O–H groups in total. The lowest BCUT2D eigenvalue weighted by Gasteiger charge is -2.23. The van der Waals surface area contributed by atoms with Gasteiger partial charge in [-0.3, -0.25) is 14.5 Å². The summed E-state index contributed by atoms with van der Waals surface area (Å²) in [4.78, 5) is 33.4. The number of Topliss-reactive ketones (excluding diaryl/α,β-unsaturated/α-hetero) is 1. The molecule has 40 heavy (non-hydrogen) atoms. The molecule has 204 valence electrons. The van der Waals surface area contributed by atoms with Gasteiger partial charge in [0.15, 0.2) is 5.13 Å². The first kappa shape index (κ1) is 26.1. The number of aliphatic hydroxyl groups excluding tert-OH is 1. The van der Waals surface area contributed by atoms with Crippen LogP contribution in [0.5, 0.6) is 11.5 Å². The fourth-order valence-electron chi connectivity index (χ4n) is 5.39. The van der Waals surface area contributed by atoms with Crippen LogP contribution in [0.1, 0.15) is 61.9 Å². The lowest BCUT2D eigenvalue weighted by molar-refractivity contribution is -0.132. The average molecular weight is 555 g/mol. The lowest BCUT2D eigenvalue weighted by Crippen LogP contribution is -2.29. The van der Waals surface area contributed by atoms with Crippen molar-refractivity contribution in [1.29, 1.82) is 0 Å².